The molecule has 1 aromatic carbocycles. The van der Waals surface area contributed by atoms with E-state index < -0.39 is 5.91 Å². The molecule has 0 atom stereocenters. The van der Waals surface area contributed by atoms with Gasteiger partial charge in [-0.15, -0.1) is 0 Å². The number of para-hydroxylation sites is 1. The van der Waals surface area contributed by atoms with Gasteiger partial charge in [0.15, 0.2) is 0 Å². The van der Waals surface area contributed by atoms with E-state index in [4.69, 9.17) is 27.9 Å². The molecule has 5 rings (SSSR count). The summed E-state index contributed by atoms with van der Waals surface area (Å²) in [7, 11) is 0. The van der Waals surface area contributed by atoms with Crippen molar-refractivity contribution in [3.8, 4) is 5.88 Å². The van der Waals surface area contributed by atoms with Gasteiger partial charge in [0.25, 0.3) is 5.91 Å². The zero-order chi connectivity index (χ0) is 21.4. The van der Waals surface area contributed by atoms with Crippen LogP contribution in [0.25, 0.3) is 0 Å². The number of benzene rings is 1. The van der Waals surface area contributed by atoms with Crippen LogP contribution in [0.15, 0.2) is 36.8 Å². The third-order valence-corrected chi connectivity index (χ3v) is 5.62. The van der Waals surface area contributed by atoms with E-state index in [1.165, 1.54) is 6.20 Å². The maximum absolute atomic E-state index is 12.9. The van der Waals surface area contributed by atoms with Crippen LogP contribution >= 0.6 is 23.2 Å². The van der Waals surface area contributed by atoms with Gasteiger partial charge in [-0.2, -0.15) is 10.1 Å². The molecule has 31 heavy (non-hydrogen) atoms. The van der Waals surface area contributed by atoms with Gasteiger partial charge in [-0.05, 0) is 25.0 Å². The minimum absolute atomic E-state index is 0.0482. The summed E-state index contributed by atoms with van der Waals surface area (Å²) < 4.78 is 7.78. The molecule has 1 amide bonds. The second-order valence-electron chi connectivity index (χ2n) is 7.43. The van der Waals surface area contributed by atoms with Crippen molar-refractivity contribution < 1.29 is 9.53 Å². The monoisotopic (exact) mass is 459 g/mol. The fraction of sp³-hybridized carbons (Fsp3) is 0.300. The molecule has 9 nitrogen and oxygen atoms in total. The summed E-state index contributed by atoms with van der Waals surface area (Å²) in [5.41, 5.74) is 1.28. The lowest BCUT2D eigenvalue weighted by molar-refractivity contribution is 0.102. The van der Waals surface area contributed by atoms with Gasteiger partial charge >= 0.3 is 0 Å². The molecule has 11 heteroatoms. The highest BCUT2D eigenvalue weighted by Crippen LogP contribution is 2.32. The molecule has 3 aromatic rings. The number of halogens is 2. The third kappa shape index (κ3) is 4.43. The van der Waals surface area contributed by atoms with Crippen molar-refractivity contribution in [2.45, 2.75) is 25.0 Å². The van der Waals surface area contributed by atoms with Crippen LogP contribution in [-0.4, -0.2) is 44.8 Å². The summed E-state index contributed by atoms with van der Waals surface area (Å²) >= 11 is 12.3. The Labute approximate surface area is 188 Å². The molecule has 3 N–H and O–H groups in total. The summed E-state index contributed by atoms with van der Waals surface area (Å²) in [6, 6.07) is 5.35. The van der Waals surface area contributed by atoms with Gasteiger partial charge < -0.3 is 20.7 Å². The summed E-state index contributed by atoms with van der Waals surface area (Å²) in [6.45, 7) is 1.80. The van der Waals surface area contributed by atoms with Gasteiger partial charge in [0, 0.05) is 25.5 Å². The van der Waals surface area contributed by atoms with Crippen molar-refractivity contribution in [3.63, 3.8) is 0 Å². The quantitative estimate of drug-likeness (QED) is 0.494. The molecule has 1 aliphatic heterocycles. The second-order valence-corrected chi connectivity index (χ2v) is 8.24. The lowest BCUT2D eigenvalue weighted by Gasteiger charge is -2.27. The molecule has 1 aliphatic carbocycles. The molecule has 160 valence electrons. The van der Waals surface area contributed by atoms with E-state index >= 15 is 0 Å². The number of hydrogen-bond acceptors (Lipinski definition) is 7. The lowest BCUT2D eigenvalue weighted by atomic mass is 10.2. The first-order valence-electron chi connectivity index (χ1n) is 9.88. The SMILES string of the molecule is O=C(Nc1c(Cl)cccc1Cl)c1cnc(Nc2cnn(C3CNC3)c2)nc1OC1CC1. The average molecular weight is 460 g/mol. The minimum atomic E-state index is -0.456. The van der Waals surface area contributed by atoms with Crippen molar-refractivity contribution in [2.75, 3.05) is 23.7 Å². The van der Waals surface area contributed by atoms with Crippen LogP contribution in [0.5, 0.6) is 5.88 Å². The van der Waals surface area contributed by atoms with Gasteiger partial charge in [0.1, 0.15) is 11.7 Å². The highest BCUT2D eigenvalue weighted by molar-refractivity contribution is 6.40. The van der Waals surface area contributed by atoms with E-state index in [2.05, 4.69) is 31.0 Å². The van der Waals surface area contributed by atoms with E-state index in [-0.39, 0.29) is 17.5 Å². The molecule has 2 aromatic heterocycles. The number of anilines is 3. The third-order valence-electron chi connectivity index (χ3n) is 4.99. The van der Waals surface area contributed by atoms with E-state index in [1.807, 2.05) is 10.9 Å². The average Bonchev–Trinajstić information content (AvgIpc) is 3.41. The topological polar surface area (TPSA) is 106 Å². The van der Waals surface area contributed by atoms with Crippen molar-refractivity contribution >= 4 is 46.4 Å². The lowest BCUT2D eigenvalue weighted by Crippen LogP contribution is -2.43. The summed E-state index contributed by atoms with van der Waals surface area (Å²) in [4.78, 5) is 21.6. The largest absolute Gasteiger partial charge is 0.474 e. The fourth-order valence-electron chi connectivity index (χ4n) is 3.01. The van der Waals surface area contributed by atoms with E-state index in [0.717, 1.165) is 31.6 Å². The normalized spacial score (nSPS) is 15.9. The van der Waals surface area contributed by atoms with Crippen LogP contribution in [0.3, 0.4) is 0 Å². The maximum atomic E-state index is 12.9. The number of aromatic nitrogens is 4. The Bertz CT molecular complexity index is 1110. The standard InChI is InChI=1S/C20H19Cl2N7O2/c21-15-2-1-3-16(22)17(15)27-18(30)14-9-24-20(28-19(14)31-13-4-5-13)26-11-6-25-29(10-11)12-7-23-8-12/h1-3,6,9-10,12-13,23H,4-5,7-8H2,(H,27,30)(H,24,26,28). The van der Waals surface area contributed by atoms with E-state index in [9.17, 15) is 4.79 Å². The number of nitrogens with one attached hydrogen (secondary N) is 3. The van der Waals surface area contributed by atoms with Gasteiger partial charge in [-0.3, -0.25) is 9.48 Å². The zero-order valence-corrected chi connectivity index (χ0v) is 17.8. The number of hydrogen-bond donors (Lipinski definition) is 3. The fourth-order valence-corrected chi connectivity index (χ4v) is 3.50. The van der Waals surface area contributed by atoms with Crippen LogP contribution in [-0.2, 0) is 0 Å². The Morgan fingerprint density at radius 3 is 2.65 bits per heavy atom. The number of carbonyl (C=O) groups excluding carboxylic acids is 1. The number of ether oxygens (including phenoxy) is 1. The molecule has 1 saturated heterocycles. The van der Waals surface area contributed by atoms with E-state index in [1.54, 1.807) is 24.4 Å². The van der Waals surface area contributed by atoms with Crippen LogP contribution in [0.2, 0.25) is 10.0 Å². The highest BCUT2D eigenvalue weighted by Gasteiger charge is 2.28. The second kappa shape index (κ2) is 8.33. The first-order valence-corrected chi connectivity index (χ1v) is 10.6. The Morgan fingerprint density at radius 2 is 1.97 bits per heavy atom. The Hall–Kier alpha value is -2.88. The predicted octanol–water partition coefficient (Wildman–Crippen LogP) is 3.66. The van der Waals surface area contributed by atoms with Gasteiger partial charge in [0.05, 0.1) is 33.7 Å². The first kappa shape index (κ1) is 20.0. The molecule has 2 fully saturated rings. The van der Waals surface area contributed by atoms with Crippen molar-refractivity contribution in [1.29, 1.82) is 0 Å². The summed E-state index contributed by atoms with van der Waals surface area (Å²) in [6.07, 6.45) is 6.93. The van der Waals surface area contributed by atoms with Gasteiger partial charge in [0.2, 0.25) is 11.8 Å². The van der Waals surface area contributed by atoms with Gasteiger partial charge in [-0.25, -0.2) is 4.98 Å². The molecule has 0 radical (unpaired) electrons. The molecule has 3 heterocycles. The zero-order valence-electron chi connectivity index (χ0n) is 16.3. The molecule has 0 unspecified atom stereocenters. The Morgan fingerprint density at radius 1 is 1.19 bits per heavy atom. The molecule has 0 spiro atoms. The van der Waals surface area contributed by atoms with Crippen LogP contribution < -0.4 is 20.7 Å². The Balaban J connectivity index is 1.37. The minimum Gasteiger partial charge on any atom is -0.474 e. The molecule has 2 aliphatic rings. The predicted molar refractivity (Wildman–Crippen MR) is 118 cm³/mol. The molecular weight excluding hydrogens is 441 g/mol. The van der Waals surface area contributed by atoms with Crippen molar-refractivity contribution in [2.24, 2.45) is 0 Å². The van der Waals surface area contributed by atoms with Crippen LogP contribution in [0.1, 0.15) is 29.2 Å². The number of rotatable bonds is 7. The Kier molecular flexibility index (Phi) is 5.39. The number of nitrogens with zero attached hydrogens (tertiary/aromatic N) is 4. The molecule has 1 saturated carbocycles. The highest BCUT2D eigenvalue weighted by atomic mass is 35.5. The first-order chi connectivity index (χ1) is 15.1. The van der Waals surface area contributed by atoms with Gasteiger partial charge in [-0.1, -0.05) is 29.3 Å². The molecule has 0 bridgehead atoms. The number of carbonyl (C=O) groups is 1. The maximum Gasteiger partial charge on any atom is 0.262 e. The number of amides is 1. The molecular formula is C20H19Cl2N7O2. The smallest absolute Gasteiger partial charge is 0.262 e. The van der Waals surface area contributed by atoms with Crippen LogP contribution in [0.4, 0.5) is 17.3 Å². The van der Waals surface area contributed by atoms with Crippen molar-refractivity contribution in [1.82, 2.24) is 25.1 Å². The van der Waals surface area contributed by atoms with Crippen molar-refractivity contribution in [3.05, 3.63) is 52.4 Å². The van der Waals surface area contributed by atoms with E-state index in [0.29, 0.717) is 27.7 Å². The summed E-state index contributed by atoms with van der Waals surface area (Å²) in [5.74, 6) is 0.0630. The van der Waals surface area contributed by atoms with Crippen LogP contribution in [0, 0.1) is 0 Å². The summed E-state index contributed by atoms with van der Waals surface area (Å²) in [5, 5.41) is 14.1.